The van der Waals surface area contributed by atoms with E-state index in [1.54, 1.807) is 6.20 Å². The average Bonchev–Trinajstić information content (AvgIpc) is 3.14. The Bertz CT molecular complexity index is 672. The van der Waals surface area contributed by atoms with Gasteiger partial charge < -0.3 is 9.73 Å². The van der Waals surface area contributed by atoms with E-state index in [2.05, 4.69) is 22.3 Å². The van der Waals surface area contributed by atoms with E-state index in [1.165, 1.54) is 6.39 Å². The van der Waals surface area contributed by atoms with Gasteiger partial charge in [-0.15, -0.1) is 0 Å². The van der Waals surface area contributed by atoms with Gasteiger partial charge in [-0.3, -0.25) is 0 Å². The standard InChI is InChI=1S/C15H16N4O/c1-2-16-9-14-15(20-11-17-14)12-8-18-19(10-12)13-6-4-3-5-7-13/h3-8,10-11,16H,2,9H2,1H3. The van der Waals surface area contributed by atoms with Gasteiger partial charge in [-0.2, -0.15) is 5.10 Å². The van der Waals surface area contributed by atoms with Gasteiger partial charge in [0.2, 0.25) is 0 Å². The minimum Gasteiger partial charge on any atom is -0.443 e. The molecule has 0 amide bonds. The third-order valence-corrected chi connectivity index (χ3v) is 3.05. The Morgan fingerprint density at radius 1 is 1.25 bits per heavy atom. The first-order valence-corrected chi connectivity index (χ1v) is 6.62. The molecule has 0 fully saturated rings. The minimum atomic E-state index is 0.693. The summed E-state index contributed by atoms with van der Waals surface area (Å²) in [6, 6.07) is 9.98. The smallest absolute Gasteiger partial charge is 0.181 e. The summed E-state index contributed by atoms with van der Waals surface area (Å²) in [6.07, 6.45) is 5.22. The SMILES string of the molecule is CCNCc1ncoc1-c1cnn(-c2ccccc2)c1. The third kappa shape index (κ3) is 2.48. The van der Waals surface area contributed by atoms with Crippen LogP contribution in [-0.2, 0) is 6.54 Å². The summed E-state index contributed by atoms with van der Waals surface area (Å²) in [5.74, 6) is 0.771. The van der Waals surface area contributed by atoms with Gasteiger partial charge in [0, 0.05) is 12.7 Å². The number of rotatable bonds is 5. The van der Waals surface area contributed by atoms with Crippen molar-refractivity contribution in [3.8, 4) is 17.0 Å². The quantitative estimate of drug-likeness (QED) is 0.773. The molecule has 5 heteroatoms. The second-order valence-electron chi connectivity index (χ2n) is 4.42. The summed E-state index contributed by atoms with van der Waals surface area (Å²) >= 11 is 0. The van der Waals surface area contributed by atoms with Crippen molar-refractivity contribution >= 4 is 0 Å². The zero-order valence-corrected chi connectivity index (χ0v) is 11.3. The Hall–Kier alpha value is -2.40. The average molecular weight is 268 g/mol. The van der Waals surface area contributed by atoms with Crippen molar-refractivity contribution in [2.75, 3.05) is 6.54 Å². The fourth-order valence-electron chi connectivity index (χ4n) is 2.04. The molecule has 102 valence electrons. The molecule has 0 unspecified atom stereocenters. The number of oxazole rings is 1. The predicted molar refractivity (Wildman–Crippen MR) is 76.4 cm³/mol. The Labute approximate surface area is 117 Å². The summed E-state index contributed by atoms with van der Waals surface area (Å²) in [4.78, 5) is 4.25. The molecule has 0 saturated heterocycles. The lowest BCUT2D eigenvalue weighted by atomic mass is 10.2. The van der Waals surface area contributed by atoms with Crippen LogP contribution in [0, 0.1) is 0 Å². The maximum atomic E-state index is 5.49. The molecule has 5 nitrogen and oxygen atoms in total. The van der Waals surface area contributed by atoms with Gasteiger partial charge in [0.1, 0.15) is 5.69 Å². The van der Waals surface area contributed by atoms with E-state index in [0.717, 1.165) is 29.2 Å². The van der Waals surface area contributed by atoms with Crippen molar-refractivity contribution in [3.05, 3.63) is 54.8 Å². The first kappa shape index (κ1) is 12.6. The zero-order valence-electron chi connectivity index (χ0n) is 11.3. The molecule has 1 aromatic carbocycles. The van der Waals surface area contributed by atoms with Crippen LogP contribution in [0.4, 0.5) is 0 Å². The van der Waals surface area contributed by atoms with E-state index in [1.807, 2.05) is 41.2 Å². The van der Waals surface area contributed by atoms with Gasteiger partial charge in [0.15, 0.2) is 12.2 Å². The van der Waals surface area contributed by atoms with Crippen LogP contribution < -0.4 is 5.32 Å². The molecule has 0 aliphatic heterocycles. The molecular formula is C15H16N4O. The molecule has 3 rings (SSSR count). The lowest BCUT2D eigenvalue weighted by molar-refractivity contribution is 0.570. The van der Waals surface area contributed by atoms with Crippen LogP contribution in [0.1, 0.15) is 12.6 Å². The monoisotopic (exact) mass is 268 g/mol. The highest BCUT2D eigenvalue weighted by Gasteiger charge is 2.12. The third-order valence-electron chi connectivity index (χ3n) is 3.05. The molecule has 3 aromatic rings. The van der Waals surface area contributed by atoms with Crippen molar-refractivity contribution in [2.24, 2.45) is 0 Å². The fourth-order valence-corrected chi connectivity index (χ4v) is 2.04. The summed E-state index contributed by atoms with van der Waals surface area (Å²) in [6.45, 7) is 3.65. The Balaban J connectivity index is 1.89. The van der Waals surface area contributed by atoms with Crippen LogP contribution in [0.3, 0.4) is 0 Å². The van der Waals surface area contributed by atoms with Crippen LogP contribution >= 0.6 is 0 Å². The molecule has 2 aromatic heterocycles. The van der Waals surface area contributed by atoms with E-state index in [4.69, 9.17) is 4.42 Å². The molecule has 1 N–H and O–H groups in total. The second kappa shape index (κ2) is 5.71. The number of benzene rings is 1. The van der Waals surface area contributed by atoms with E-state index in [-0.39, 0.29) is 0 Å². The Morgan fingerprint density at radius 2 is 2.10 bits per heavy atom. The predicted octanol–water partition coefficient (Wildman–Crippen LogP) is 2.64. The maximum absolute atomic E-state index is 5.49. The van der Waals surface area contributed by atoms with Gasteiger partial charge in [0.05, 0.1) is 17.4 Å². The van der Waals surface area contributed by atoms with E-state index in [9.17, 15) is 0 Å². The summed E-state index contributed by atoms with van der Waals surface area (Å²) in [7, 11) is 0. The highest BCUT2D eigenvalue weighted by Crippen LogP contribution is 2.23. The molecule has 2 heterocycles. The zero-order chi connectivity index (χ0) is 13.8. The van der Waals surface area contributed by atoms with Crippen LogP contribution in [0.2, 0.25) is 0 Å². The lowest BCUT2D eigenvalue weighted by Crippen LogP contribution is -2.12. The normalized spacial score (nSPS) is 10.8. The van der Waals surface area contributed by atoms with Crippen molar-refractivity contribution in [1.82, 2.24) is 20.1 Å². The van der Waals surface area contributed by atoms with Crippen molar-refractivity contribution in [2.45, 2.75) is 13.5 Å². The number of aromatic nitrogens is 3. The maximum Gasteiger partial charge on any atom is 0.181 e. The van der Waals surface area contributed by atoms with Gasteiger partial charge in [0.25, 0.3) is 0 Å². The molecular weight excluding hydrogens is 252 g/mol. The highest BCUT2D eigenvalue weighted by molar-refractivity contribution is 5.58. The van der Waals surface area contributed by atoms with Crippen molar-refractivity contribution in [3.63, 3.8) is 0 Å². The highest BCUT2D eigenvalue weighted by atomic mass is 16.3. The van der Waals surface area contributed by atoms with Gasteiger partial charge in [-0.25, -0.2) is 9.67 Å². The summed E-state index contributed by atoms with van der Waals surface area (Å²) in [5.41, 5.74) is 2.85. The van der Waals surface area contributed by atoms with Crippen molar-refractivity contribution in [1.29, 1.82) is 0 Å². The minimum absolute atomic E-state index is 0.693. The van der Waals surface area contributed by atoms with Crippen LogP contribution in [-0.4, -0.2) is 21.3 Å². The molecule has 0 atom stereocenters. The molecule has 0 bridgehead atoms. The molecule has 20 heavy (non-hydrogen) atoms. The van der Waals surface area contributed by atoms with Crippen LogP contribution in [0.5, 0.6) is 0 Å². The van der Waals surface area contributed by atoms with Gasteiger partial charge in [-0.05, 0) is 18.7 Å². The molecule has 0 spiro atoms. The van der Waals surface area contributed by atoms with Crippen LogP contribution in [0.25, 0.3) is 17.0 Å². The number of para-hydroxylation sites is 1. The first-order chi connectivity index (χ1) is 9.88. The number of nitrogens with one attached hydrogen (secondary N) is 1. The summed E-state index contributed by atoms with van der Waals surface area (Å²) in [5, 5.41) is 7.62. The topological polar surface area (TPSA) is 55.9 Å². The summed E-state index contributed by atoms with van der Waals surface area (Å²) < 4.78 is 7.32. The Morgan fingerprint density at radius 3 is 2.90 bits per heavy atom. The molecule has 0 aliphatic carbocycles. The van der Waals surface area contributed by atoms with Crippen molar-refractivity contribution < 1.29 is 4.42 Å². The van der Waals surface area contributed by atoms with E-state index >= 15 is 0 Å². The van der Waals surface area contributed by atoms with Crippen LogP contribution in [0.15, 0.2) is 53.5 Å². The molecule has 0 aliphatic rings. The second-order valence-corrected chi connectivity index (χ2v) is 4.42. The number of hydrogen-bond acceptors (Lipinski definition) is 4. The fraction of sp³-hybridized carbons (Fsp3) is 0.200. The van der Waals surface area contributed by atoms with Gasteiger partial charge in [-0.1, -0.05) is 25.1 Å². The molecule has 0 saturated carbocycles. The van der Waals surface area contributed by atoms with E-state index < -0.39 is 0 Å². The number of hydrogen-bond donors (Lipinski definition) is 1. The Kier molecular flexibility index (Phi) is 3.60. The first-order valence-electron chi connectivity index (χ1n) is 6.62. The molecule has 0 radical (unpaired) electrons. The van der Waals surface area contributed by atoms with E-state index in [0.29, 0.717) is 6.54 Å². The largest absolute Gasteiger partial charge is 0.443 e. The van der Waals surface area contributed by atoms with Gasteiger partial charge >= 0.3 is 0 Å². The lowest BCUT2D eigenvalue weighted by Gasteiger charge is -2.00. The number of nitrogens with zero attached hydrogens (tertiary/aromatic N) is 3.